The fourth-order valence-corrected chi connectivity index (χ4v) is 9.33. The van der Waals surface area contributed by atoms with Crippen LogP contribution in [0.2, 0.25) is 0 Å². The summed E-state index contributed by atoms with van der Waals surface area (Å²) in [5.74, 6) is 3.49. The van der Waals surface area contributed by atoms with Crippen LogP contribution in [0.15, 0.2) is 192 Å². The normalized spacial score (nSPS) is 10.8. The van der Waals surface area contributed by atoms with Gasteiger partial charge in [-0.25, -0.2) is 44.9 Å². The second-order valence-electron chi connectivity index (χ2n) is 27.9. The molecule has 530 valence electrons. The molecular formula is C86H123N9O2S. The van der Waals surface area contributed by atoms with E-state index in [1.54, 1.807) is 17.5 Å². The first-order chi connectivity index (χ1) is 46.3. The van der Waals surface area contributed by atoms with Gasteiger partial charge in [0.05, 0.1) is 21.9 Å². The number of thiophene rings is 1. The molecule has 0 spiro atoms. The first-order valence-corrected chi connectivity index (χ1v) is 36.2. The van der Waals surface area contributed by atoms with E-state index in [0.717, 1.165) is 73.0 Å². The highest BCUT2D eigenvalue weighted by molar-refractivity contribution is 7.25. The van der Waals surface area contributed by atoms with Gasteiger partial charge in [0.25, 0.3) is 0 Å². The van der Waals surface area contributed by atoms with Crippen molar-refractivity contribution < 1.29 is 8.83 Å². The van der Waals surface area contributed by atoms with Gasteiger partial charge < -0.3 is 8.83 Å². The van der Waals surface area contributed by atoms with Gasteiger partial charge in [0.15, 0.2) is 5.58 Å². The summed E-state index contributed by atoms with van der Waals surface area (Å²) in [6.07, 6.45) is 8.65. The molecule has 11 nitrogen and oxygen atoms in total. The predicted octanol–water partition coefficient (Wildman–Crippen LogP) is 26.7. The Balaban J connectivity index is 0.000000567. The van der Waals surface area contributed by atoms with Crippen LogP contribution in [0.3, 0.4) is 0 Å². The summed E-state index contributed by atoms with van der Waals surface area (Å²) >= 11 is 1.76. The maximum absolute atomic E-state index is 5.70. The Kier molecular flexibility index (Phi) is 38.0. The zero-order valence-corrected chi connectivity index (χ0v) is 66.9. The molecule has 6 aromatic carbocycles. The molecule has 0 unspecified atom stereocenters. The molecule has 13 rings (SSSR count). The number of furan rings is 2. The molecule has 98 heavy (non-hydrogen) atoms. The number of rotatable bonds is 0. The molecule has 7 heterocycles. The Bertz CT molecular complexity index is 4030. The molecule has 0 saturated carbocycles. The zero-order chi connectivity index (χ0) is 74.7. The Labute approximate surface area is 595 Å². The van der Waals surface area contributed by atoms with Gasteiger partial charge in [-0.15, -0.1) is 11.3 Å². The van der Waals surface area contributed by atoms with Crippen molar-refractivity contribution in [2.75, 3.05) is 0 Å². The minimum atomic E-state index is -0.0490. The van der Waals surface area contributed by atoms with Crippen LogP contribution in [0.1, 0.15) is 243 Å². The summed E-state index contributed by atoms with van der Waals surface area (Å²) in [6, 6.07) is 51.1. The monoisotopic (exact) mass is 1350 g/mol. The van der Waals surface area contributed by atoms with Gasteiger partial charge in [-0.3, -0.25) is 0 Å². The van der Waals surface area contributed by atoms with Crippen LogP contribution in [-0.2, 0) is 27.1 Å². The Hall–Kier alpha value is -8.35. The van der Waals surface area contributed by atoms with Crippen LogP contribution in [0.25, 0.3) is 75.2 Å². The molecule has 0 radical (unpaired) electrons. The standard InChI is InChI=1S/C14H14N2O.C14H14N2S.C12H14N2.C12H8O.C10H14.C7H11N3.C5H12.6C2H6/c2*1-14(2,3)13-15-8-11-12(16-13)9-6-4-5-7-10(9)17-11;1-12(2,3)11-13-8-9-6-4-5-7-10(9)14-11;1-3-7-11-9(5-1)10-6-2-4-8-12(10)13-11;1-10(2,3)9-7-5-4-6-8-9;1-7(2,3)6-9-4-8-5-10-6;1-5(2,3)4;6*1-2/h2*4-8H,1-3H3;4-8H,1-3H3;1-8H;4-8H,1-3H3;4-5H,1-3H3;1-4H3;6*1-2H3. The van der Waals surface area contributed by atoms with Crippen LogP contribution in [0.5, 0.6) is 0 Å². The molecule has 12 heteroatoms. The van der Waals surface area contributed by atoms with Gasteiger partial charge in [-0.2, -0.15) is 0 Å². The molecule has 0 bridgehead atoms. The maximum atomic E-state index is 5.70. The molecule has 0 N–H and O–H groups in total. The summed E-state index contributed by atoms with van der Waals surface area (Å²) in [4.78, 5) is 38.9. The van der Waals surface area contributed by atoms with Gasteiger partial charge >= 0.3 is 0 Å². The Morgan fingerprint density at radius 1 is 0.286 bits per heavy atom. The zero-order valence-electron chi connectivity index (χ0n) is 66.1. The third-order valence-electron chi connectivity index (χ3n) is 12.8. The molecule has 7 aromatic heterocycles. The van der Waals surface area contributed by atoms with Crippen molar-refractivity contribution in [3.05, 3.63) is 212 Å². The summed E-state index contributed by atoms with van der Waals surface area (Å²) < 4.78 is 13.8. The van der Waals surface area contributed by atoms with Crippen LogP contribution < -0.4 is 0 Å². The molecule has 13 aromatic rings. The molecule has 0 saturated heterocycles. The minimum absolute atomic E-state index is 0.00275. The van der Waals surface area contributed by atoms with Crippen molar-refractivity contribution in [2.24, 2.45) is 5.41 Å². The average molecular weight is 1350 g/mol. The molecule has 0 amide bonds. The number of hydrogen-bond donors (Lipinski definition) is 0. The predicted molar refractivity (Wildman–Crippen MR) is 430 cm³/mol. The first-order valence-electron chi connectivity index (χ1n) is 35.4. The van der Waals surface area contributed by atoms with Crippen molar-refractivity contribution in [1.29, 1.82) is 0 Å². The van der Waals surface area contributed by atoms with E-state index in [4.69, 9.17) is 13.8 Å². The molecular weight excluding hydrogens is 1220 g/mol. The topological polar surface area (TPSA) is 142 Å². The number of aromatic nitrogens is 9. The van der Waals surface area contributed by atoms with Gasteiger partial charge in [0, 0.05) is 65.7 Å². The van der Waals surface area contributed by atoms with Crippen LogP contribution >= 0.6 is 11.3 Å². The lowest BCUT2D eigenvalue weighted by Crippen LogP contribution is -2.15. The average Bonchev–Trinajstić information content (AvgIpc) is 1.63. The molecule has 0 aliphatic heterocycles. The van der Waals surface area contributed by atoms with E-state index in [0.29, 0.717) is 10.8 Å². The van der Waals surface area contributed by atoms with E-state index in [1.165, 1.54) is 43.8 Å². The third kappa shape index (κ3) is 28.6. The number of hydrogen-bond acceptors (Lipinski definition) is 12. The molecule has 0 aliphatic carbocycles. The van der Waals surface area contributed by atoms with E-state index in [9.17, 15) is 0 Å². The quantitative estimate of drug-likeness (QED) is 0.143. The second-order valence-corrected chi connectivity index (χ2v) is 29.0. The van der Waals surface area contributed by atoms with E-state index in [-0.39, 0.29) is 21.7 Å². The van der Waals surface area contributed by atoms with Crippen molar-refractivity contribution in [3.8, 4) is 0 Å². The van der Waals surface area contributed by atoms with Crippen molar-refractivity contribution in [3.63, 3.8) is 0 Å². The highest BCUT2D eigenvalue weighted by Gasteiger charge is 2.22. The van der Waals surface area contributed by atoms with Gasteiger partial charge in [-0.1, -0.05) is 330 Å². The Morgan fingerprint density at radius 2 is 0.643 bits per heavy atom. The first kappa shape index (κ1) is 87.7. The largest absolute Gasteiger partial charge is 0.456 e. The fourth-order valence-electron chi connectivity index (χ4n) is 8.31. The fraction of sp³-hybridized carbons (Fsp3) is 0.430. The number of nitrogens with zero attached hydrogens (tertiary/aromatic N) is 9. The van der Waals surface area contributed by atoms with Crippen LogP contribution in [-0.4, -0.2) is 44.9 Å². The van der Waals surface area contributed by atoms with Gasteiger partial charge in [0.2, 0.25) is 0 Å². The smallest absolute Gasteiger partial charge is 0.172 e. The van der Waals surface area contributed by atoms with Crippen molar-refractivity contribution in [1.82, 2.24) is 44.9 Å². The number of benzene rings is 6. The SMILES string of the molecule is CC.CC.CC.CC.CC.CC.CC(C)(C)C.CC(C)(C)c1ccccc1.CC(C)(C)c1ncc2ccccc2n1.CC(C)(C)c1ncc2oc3ccccc3c2n1.CC(C)(C)c1ncc2sc3ccccc3c2n1.CC(C)(C)c1ncncn1.c1ccc2c(c1)oc1ccccc12. The summed E-state index contributed by atoms with van der Waals surface area (Å²) in [6.45, 7) is 64.8. The van der Waals surface area contributed by atoms with Crippen LogP contribution in [0, 0.1) is 5.41 Å². The van der Waals surface area contributed by atoms with Gasteiger partial charge in [0.1, 0.15) is 58.2 Å². The lowest BCUT2D eigenvalue weighted by atomic mass is 9.87. The van der Waals surface area contributed by atoms with E-state index in [1.807, 2.05) is 180 Å². The summed E-state index contributed by atoms with van der Waals surface area (Å²) in [5, 5.41) is 5.77. The lowest BCUT2D eigenvalue weighted by molar-refractivity contribution is 0.469. The summed E-state index contributed by atoms with van der Waals surface area (Å²) in [5.41, 5.74) is 8.74. The number of para-hydroxylation sites is 4. The highest BCUT2D eigenvalue weighted by atomic mass is 32.1. The lowest BCUT2D eigenvalue weighted by Gasteiger charge is -2.18. The van der Waals surface area contributed by atoms with E-state index in [2.05, 4.69) is 238 Å². The molecule has 0 atom stereocenters. The van der Waals surface area contributed by atoms with Crippen molar-refractivity contribution >= 4 is 86.5 Å². The second kappa shape index (κ2) is 42.5. The Morgan fingerprint density at radius 3 is 1.09 bits per heavy atom. The van der Waals surface area contributed by atoms with Gasteiger partial charge in [-0.05, 0) is 52.8 Å². The molecule has 0 aliphatic rings. The van der Waals surface area contributed by atoms with E-state index >= 15 is 0 Å². The van der Waals surface area contributed by atoms with E-state index < -0.39 is 0 Å². The maximum Gasteiger partial charge on any atom is 0.172 e. The third-order valence-corrected chi connectivity index (χ3v) is 13.9. The molecule has 0 fully saturated rings. The number of fused-ring (bicyclic) bond motifs is 10. The minimum Gasteiger partial charge on any atom is -0.456 e. The highest BCUT2D eigenvalue weighted by Crippen LogP contribution is 2.34. The van der Waals surface area contributed by atoms with Crippen molar-refractivity contribution in [2.45, 2.75) is 242 Å². The summed E-state index contributed by atoms with van der Waals surface area (Å²) in [7, 11) is 0. The van der Waals surface area contributed by atoms with Crippen LogP contribution in [0.4, 0.5) is 0 Å².